The first-order valence-electron chi connectivity index (χ1n) is 14.3. The van der Waals surface area contributed by atoms with Crippen molar-refractivity contribution in [3.8, 4) is 11.1 Å². The number of ketones is 1. The van der Waals surface area contributed by atoms with Gasteiger partial charge in [0.25, 0.3) is 0 Å². The molecule has 3 N–H and O–H groups in total. The summed E-state index contributed by atoms with van der Waals surface area (Å²) in [5.74, 6) is -1.70. The van der Waals surface area contributed by atoms with Crippen molar-refractivity contribution in [2.75, 3.05) is 26.4 Å². The van der Waals surface area contributed by atoms with Crippen LogP contribution in [0, 0.1) is 11.8 Å². The lowest BCUT2D eigenvalue weighted by molar-refractivity contribution is -0.161. The maximum Gasteiger partial charge on any atom is 0.407 e. The lowest BCUT2D eigenvalue weighted by Crippen LogP contribution is -2.50. The first kappa shape index (κ1) is 29.7. The van der Waals surface area contributed by atoms with E-state index >= 15 is 0 Å². The summed E-state index contributed by atoms with van der Waals surface area (Å²) in [5.41, 5.74) is 9.96. The van der Waals surface area contributed by atoms with Crippen LogP contribution in [0.25, 0.3) is 11.1 Å². The molecule has 0 bridgehead atoms. The third-order valence-electron chi connectivity index (χ3n) is 7.35. The second kappa shape index (κ2) is 14.4. The summed E-state index contributed by atoms with van der Waals surface area (Å²) >= 11 is 0. The largest absolute Gasteiger partial charge is 0.449 e. The SMILES string of the molecule is CC(C)CC(C(=O)NNCCOC1CCCCO1)C(=O)[C@@H](C)NC(=O)OCC1c2ccccc2-c2ccccc21. The van der Waals surface area contributed by atoms with Gasteiger partial charge in [-0.3, -0.25) is 15.0 Å². The van der Waals surface area contributed by atoms with Crippen LogP contribution in [0.5, 0.6) is 0 Å². The molecule has 0 spiro atoms. The van der Waals surface area contributed by atoms with Crippen molar-refractivity contribution in [3.05, 3.63) is 59.7 Å². The molecular weight excluding hydrogens is 510 g/mol. The molecule has 9 nitrogen and oxygen atoms in total. The molecule has 1 heterocycles. The van der Waals surface area contributed by atoms with Gasteiger partial charge in [0.15, 0.2) is 12.1 Å². The highest BCUT2D eigenvalue weighted by Crippen LogP contribution is 2.44. The van der Waals surface area contributed by atoms with Crippen molar-refractivity contribution in [2.24, 2.45) is 11.8 Å². The van der Waals surface area contributed by atoms with Gasteiger partial charge in [-0.2, -0.15) is 0 Å². The Bertz CT molecular complexity index is 1120. The predicted molar refractivity (Wildman–Crippen MR) is 151 cm³/mol. The minimum absolute atomic E-state index is 0.0802. The van der Waals surface area contributed by atoms with E-state index in [1.165, 1.54) is 0 Å². The molecule has 1 aliphatic heterocycles. The van der Waals surface area contributed by atoms with Crippen LogP contribution < -0.4 is 16.2 Å². The molecule has 2 aromatic rings. The number of carbonyl (C=O) groups is 3. The molecular formula is C31H41N3O6. The molecule has 4 rings (SSSR count). The Labute approximate surface area is 236 Å². The molecule has 1 aliphatic carbocycles. The second-order valence-corrected chi connectivity index (χ2v) is 10.9. The van der Waals surface area contributed by atoms with Crippen molar-refractivity contribution in [2.45, 2.75) is 64.7 Å². The maximum absolute atomic E-state index is 13.2. The molecule has 3 atom stereocenters. The van der Waals surface area contributed by atoms with E-state index in [4.69, 9.17) is 14.2 Å². The topological polar surface area (TPSA) is 115 Å². The summed E-state index contributed by atoms with van der Waals surface area (Å²) in [5, 5.41) is 2.63. The van der Waals surface area contributed by atoms with E-state index in [9.17, 15) is 14.4 Å². The number of Topliss-reactive ketones (excluding diaryl/α,β-unsaturated/α-hetero) is 1. The van der Waals surface area contributed by atoms with Gasteiger partial charge in [-0.05, 0) is 60.8 Å². The lowest BCUT2D eigenvalue weighted by Gasteiger charge is -2.23. The Morgan fingerprint density at radius 3 is 2.27 bits per heavy atom. The van der Waals surface area contributed by atoms with Crippen LogP contribution in [0.4, 0.5) is 4.79 Å². The van der Waals surface area contributed by atoms with Gasteiger partial charge in [0.05, 0.1) is 12.6 Å². The molecule has 2 amide bonds. The zero-order chi connectivity index (χ0) is 28.5. The van der Waals surface area contributed by atoms with E-state index in [0.29, 0.717) is 26.2 Å². The van der Waals surface area contributed by atoms with Crippen LogP contribution in [0.15, 0.2) is 48.5 Å². The van der Waals surface area contributed by atoms with E-state index in [-0.39, 0.29) is 30.5 Å². The molecule has 2 aromatic carbocycles. The highest BCUT2D eigenvalue weighted by Gasteiger charge is 2.33. The van der Waals surface area contributed by atoms with Gasteiger partial charge in [0.1, 0.15) is 12.5 Å². The van der Waals surface area contributed by atoms with Crippen LogP contribution in [0.3, 0.4) is 0 Å². The van der Waals surface area contributed by atoms with Gasteiger partial charge in [-0.1, -0.05) is 62.4 Å². The number of hydrogen-bond acceptors (Lipinski definition) is 7. The summed E-state index contributed by atoms with van der Waals surface area (Å²) in [6.45, 7) is 7.07. The normalized spacial score (nSPS) is 17.9. The highest BCUT2D eigenvalue weighted by molar-refractivity contribution is 6.04. The Morgan fingerprint density at radius 1 is 0.975 bits per heavy atom. The highest BCUT2D eigenvalue weighted by atomic mass is 16.7. The van der Waals surface area contributed by atoms with Crippen LogP contribution in [-0.2, 0) is 23.8 Å². The molecule has 2 aliphatic rings. The fourth-order valence-electron chi connectivity index (χ4n) is 5.33. The Kier molecular flexibility index (Phi) is 10.7. The van der Waals surface area contributed by atoms with Crippen molar-refractivity contribution in [1.82, 2.24) is 16.2 Å². The smallest absolute Gasteiger partial charge is 0.407 e. The number of ether oxygens (including phenoxy) is 3. The number of amides is 2. The fourth-order valence-corrected chi connectivity index (χ4v) is 5.33. The summed E-state index contributed by atoms with van der Waals surface area (Å²) < 4.78 is 16.8. The van der Waals surface area contributed by atoms with Crippen LogP contribution in [0.2, 0.25) is 0 Å². The van der Waals surface area contributed by atoms with E-state index in [0.717, 1.165) is 41.5 Å². The number of hydrazine groups is 1. The monoisotopic (exact) mass is 551 g/mol. The van der Waals surface area contributed by atoms with E-state index < -0.39 is 24.0 Å². The van der Waals surface area contributed by atoms with Crippen LogP contribution in [-0.4, -0.2) is 56.5 Å². The fraction of sp³-hybridized carbons (Fsp3) is 0.516. The lowest BCUT2D eigenvalue weighted by atomic mass is 9.89. The van der Waals surface area contributed by atoms with Crippen LogP contribution >= 0.6 is 0 Å². The van der Waals surface area contributed by atoms with Crippen molar-refractivity contribution in [3.63, 3.8) is 0 Å². The van der Waals surface area contributed by atoms with Crippen molar-refractivity contribution >= 4 is 17.8 Å². The van der Waals surface area contributed by atoms with Gasteiger partial charge in [-0.15, -0.1) is 0 Å². The second-order valence-electron chi connectivity index (χ2n) is 10.9. The summed E-state index contributed by atoms with van der Waals surface area (Å²) in [4.78, 5) is 38.8. The average Bonchev–Trinajstić information content (AvgIpc) is 3.28. The first-order chi connectivity index (χ1) is 19.3. The molecule has 40 heavy (non-hydrogen) atoms. The maximum atomic E-state index is 13.2. The standard InChI is InChI=1S/C31H41N3O6/c1-20(2)18-26(30(36)34-32-15-17-39-28-14-8-9-16-38-28)29(35)21(3)33-31(37)40-19-27-24-12-6-4-10-22(24)23-11-5-7-13-25(23)27/h4-7,10-13,20-21,26-28,32H,8-9,14-19H2,1-3H3,(H,33,37)(H,34,36)/t21-,26?,28?/m1/s1. The van der Waals surface area contributed by atoms with E-state index in [1.54, 1.807) is 6.92 Å². The minimum Gasteiger partial charge on any atom is -0.449 e. The quantitative estimate of drug-likeness (QED) is 0.193. The van der Waals surface area contributed by atoms with Gasteiger partial charge >= 0.3 is 6.09 Å². The number of benzene rings is 2. The molecule has 2 unspecified atom stereocenters. The number of hydrogen-bond donors (Lipinski definition) is 3. The van der Waals surface area contributed by atoms with Crippen molar-refractivity contribution < 1.29 is 28.6 Å². The van der Waals surface area contributed by atoms with Crippen molar-refractivity contribution in [1.29, 1.82) is 0 Å². The average molecular weight is 552 g/mol. The molecule has 9 heteroatoms. The van der Waals surface area contributed by atoms with Gasteiger partial charge in [0, 0.05) is 19.1 Å². The molecule has 1 saturated heterocycles. The number of fused-ring (bicyclic) bond motifs is 3. The number of carbonyl (C=O) groups excluding carboxylic acids is 3. The molecule has 0 radical (unpaired) electrons. The molecule has 1 fully saturated rings. The van der Waals surface area contributed by atoms with Gasteiger partial charge in [-0.25, -0.2) is 10.2 Å². The zero-order valence-corrected chi connectivity index (χ0v) is 23.6. The minimum atomic E-state index is -0.918. The van der Waals surface area contributed by atoms with Gasteiger partial charge in [0.2, 0.25) is 5.91 Å². The Morgan fingerprint density at radius 2 is 1.65 bits per heavy atom. The molecule has 216 valence electrons. The predicted octanol–water partition coefficient (Wildman–Crippen LogP) is 4.31. The van der Waals surface area contributed by atoms with Gasteiger partial charge < -0.3 is 19.5 Å². The zero-order valence-electron chi connectivity index (χ0n) is 23.6. The number of nitrogens with one attached hydrogen (secondary N) is 3. The first-order valence-corrected chi connectivity index (χ1v) is 14.3. The Balaban J connectivity index is 1.26. The number of rotatable bonds is 13. The summed E-state index contributed by atoms with van der Waals surface area (Å²) in [6, 6.07) is 15.3. The molecule has 0 aromatic heterocycles. The number of alkyl carbamates (subject to hydrolysis) is 1. The third-order valence-corrected chi connectivity index (χ3v) is 7.35. The summed E-state index contributed by atoms with van der Waals surface area (Å²) in [7, 11) is 0. The molecule has 0 saturated carbocycles. The van der Waals surface area contributed by atoms with E-state index in [1.807, 2.05) is 50.2 Å². The Hall–Kier alpha value is -3.27. The third kappa shape index (κ3) is 7.68. The van der Waals surface area contributed by atoms with Crippen LogP contribution in [0.1, 0.15) is 63.5 Å². The summed E-state index contributed by atoms with van der Waals surface area (Å²) in [6.07, 6.45) is 2.46. The van der Waals surface area contributed by atoms with E-state index in [2.05, 4.69) is 28.3 Å².